The topological polar surface area (TPSA) is 29.1 Å². The Morgan fingerprint density at radius 1 is 0.920 bits per heavy atom. The molecule has 0 spiro atoms. The van der Waals surface area contributed by atoms with Crippen LogP contribution in [0.4, 0.5) is 0 Å². The van der Waals surface area contributed by atoms with E-state index >= 15 is 0 Å². The second-order valence-corrected chi connectivity index (χ2v) is 7.85. The third-order valence-electron chi connectivity index (χ3n) is 5.94. The van der Waals surface area contributed by atoms with Crippen molar-refractivity contribution in [1.29, 1.82) is 0 Å². The summed E-state index contributed by atoms with van der Waals surface area (Å²) in [5.41, 5.74) is 5.61. The maximum absolute atomic E-state index is 13.2. The minimum absolute atomic E-state index is 0.0390. The molecule has 0 unspecified atom stereocenters. The number of benzene rings is 2. The molecule has 2 nitrogen and oxygen atoms in total. The lowest BCUT2D eigenvalue weighted by Gasteiger charge is -2.50. The lowest BCUT2D eigenvalue weighted by atomic mass is 9.53. The molecule has 2 bridgehead atoms. The van der Waals surface area contributed by atoms with E-state index in [2.05, 4.69) is 74.6 Å². The molecular formula is C23H27NO. The summed E-state index contributed by atoms with van der Waals surface area (Å²) in [7, 11) is 0. The molecular weight excluding hydrogens is 306 g/mol. The average Bonchev–Trinajstić information content (AvgIpc) is 2.61. The molecule has 25 heavy (non-hydrogen) atoms. The maximum Gasteiger partial charge on any atom is 0.224 e. The molecule has 0 heterocycles. The highest BCUT2D eigenvalue weighted by Crippen LogP contribution is 2.59. The van der Waals surface area contributed by atoms with E-state index in [4.69, 9.17) is 0 Å². The van der Waals surface area contributed by atoms with E-state index in [1.54, 1.807) is 0 Å². The van der Waals surface area contributed by atoms with Crippen LogP contribution >= 0.6 is 0 Å². The Morgan fingerprint density at radius 2 is 1.40 bits per heavy atom. The van der Waals surface area contributed by atoms with Crippen LogP contribution in [-0.4, -0.2) is 11.9 Å². The molecule has 2 heteroatoms. The Balaban J connectivity index is 1.90. The molecule has 0 saturated heterocycles. The first-order valence-corrected chi connectivity index (χ1v) is 9.61. The second kappa shape index (κ2) is 6.33. The SMILES string of the molecule is CCC[C@@H]1C2c3ccccc3C(c3ccccc32)[C@@H]1C(=O)NC(C)C. The third-order valence-corrected chi connectivity index (χ3v) is 5.94. The van der Waals surface area contributed by atoms with E-state index in [-0.39, 0.29) is 23.8 Å². The van der Waals surface area contributed by atoms with E-state index in [1.807, 2.05) is 0 Å². The number of carbonyl (C=O) groups is 1. The van der Waals surface area contributed by atoms with Gasteiger partial charge in [0, 0.05) is 17.9 Å². The van der Waals surface area contributed by atoms with E-state index in [1.165, 1.54) is 22.3 Å². The van der Waals surface area contributed by atoms with E-state index in [0.29, 0.717) is 11.8 Å². The van der Waals surface area contributed by atoms with Crippen molar-refractivity contribution in [2.75, 3.05) is 0 Å². The van der Waals surface area contributed by atoms with Gasteiger partial charge in [0.15, 0.2) is 0 Å². The summed E-state index contributed by atoms with van der Waals surface area (Å²) < 4.78 is 0. The Bertz CT molecular complexity index is 747. The van der Waals surface area contributed by atoms with Crippen molar-refractivity contribution < 1.29 is 4.79 Å². The van der Waals surface area contributed by atoms with E-state index < -0.39 is 0 Å². The number of nitrogens with one attached hydrogen (secondary N) is 1. The summed E-state index contributed by atoms with van der Waals surface area (Å²) in [6, 6.07) is 17.7. The Kier molecular flexibility index (Phi) is 4.15. The molecule has 0 fully saturated rings. The van der Waals surface area contributed by atoms with Gasteiger partial charge in [-0.25, -0.2) is 0 Å². The van der Waals surface area contributed by atoms with Crippen LogP contribution in [-0.2, 0) is 4.79 Å². The molecule has 0 radical (unpaired) electrons. The van der Waals surface area contributed by atoms with Crippen molar-refractivity contribution in [2.24, 2.45) is 11.8 Å². The molecule has 130 valence electrons. The predicted octanol–water partition coefficient (Wildman–Crippen LogP) is 4.83. The molecule has 3 aliphatic carbocycles. The first-order valence-electron chi connectivity index (χ1n) is 9.61. The minimum Gasteiger partial charge on any atom is -0.354 e. The van der Waals surface area contributed by atoms with Crippen molar-refractivity contribution in [3.05, 3.63) is 70.8 Å². The molecule has 5 rings (SSSR count). The second-order valence-electron chi connectivity index (χ2n) is 7.85. The maximum atomic E-state index is 13.2. The number of hydrogen-bond donors (Lipinski definition) is 1. The van der Waals surface area contributed by atoms with Crippen LogP contribution in [0.25, 0.3) is 0 Å². The summed E-state index contributed by atoms with van der Waals surface area (Å²) in [5, 5.41) is 3.21. The molecule has 3 aliphatic rings. The zero-order valence-electron chi connectivity index (χ0n) is 15.3. The molecule has 0 aliphatic heterocycles. The average molecular weight is 333 g/mol. The normalized spacial score (nSPS) is 26.2. The fourth-order valence-corrected chi connectivity index (χ4v) is 5.20. The van der Waals surface area contributed by atoms with Gasteiger partial charge in [-0.1, -0.05) is 61.9 Å². The largest absolute Gasteiger partial charge is 0.354 e. The van der Waals surface area contributed by atoms with Crippen LogP contribution in [0.1, 0.15) is 67.7 Å². The molecule has 2 aromatic rings. The van der Waals surface area contributed by atoms with Gasteiger partial charge < -0.3 is 5.32 Å². The quantitative estimate of drug-likeness (QED) is 0.853. The number of fused-ring (bicyclic) bond motifs is 1. The van der Waals surface area contributed by atoms with Gasteiger partial charge in [0.05, 0.1) is 5.92 Å². The molecule has 1 amide bonds. The molecule has 0 saturated carbocycles. The summed E-state index contributed by atoms with van der Waals surface area (Å²) in [5.74, 6) is 1.19. The van der Waals surface area contributed by atoms with Crippen molar-refractivity contribution in [2.45, 2.75) is 51.5 Å². The molecule has 0 aromatic heterocycles. The van der Waals surface area contributed by atoms with Gasteiger partial charge in [-0.2, -0.15) is 0 Å². The lowest BCUT2D eigenvalue weighted by Crippen LogP contribution is -2.48. The summed E-state index contributed by atoms with van der Waals surface area (Å²) in [4.78, 5) is 13.2. The number of hydrogen-bond acceptors (Lipinski definition) is 1. The molecule has 2 aromatic carbocycles. The first-order chi connectivity index (χ1) is 12.1. The van der Waals surface area contributed by atoms with Crippen LogP contribution in [0.5, 0.6) is 0 Å². The van der Waals surface area contributed by atoms with Gasteiger partial charge in [-0.3, -0.25) is 4.79 Å². The fourth-order valence-electron chi connectivity index (χ4n) is 5.20. The molecule has 1 N–H and O–H groups in total. The van der Waals surface area contributed by atoms with Crippen molar-refractivity contribution >= 4 is 5.91 Å². The van der Waals surface area contributed by atoms with Crippen molar-refractivity contribution in [1.82, 2.24) is 5.32 Å². The zero-order chi connectivity index (χ0) is 17.6. The summed E-state index contributed by atoms with van der Waals surface area (Å²) in [6.45, 7) is 6.34. The minimum atomic E-state index is 0.0390. The highest BCUT2D eigenvalue weighted by atomic mass is 16.2. The number of rotatable bonds is 4. The van der Waals surface area contributed by atoms with Crippen LogP contribution in [0.15, 0.2) is 48.5 Å². The Hall–Kier alpha value is -2.09. The predicted molar refractivity (Wildman–Crippen MR) is 102 cm³/mol. The molecule has 2 atom stereocenters. The van der Waals surface area contributed by atoms with Gasteiger partial charge in [0.2, 0.25) is 5.91 Å². The van der Waals surface area contributed by atoms with Crippen molar-refractivity contribution in [3.63, 3.8) is 0 Å². The first kappa shape index (κ1) is 16.4. The van der Waals surface area contributed by atoms with Crippen LogP contribution in [0.3, 0.4) is 0 Å². The standard InChI is InChI=1S/C23H27NO/c1-4-9-19-20-15-10-5-7-12-17(15)21(18-13-8-6-11-16(18)20)22(19)23(25)24-14(2)3/h5-8,10-14,19-22H,4,9H2,1-3H3,(H,24,25)/t19-,20?,21?,22-/m1/s1. The highest BCUT2D eigenvalue weighted by molar-refractivity contribution is 5.83. The van der Waals surface area contributed by atoms with Gasteiger partial charge >= 0.3 is 0 Å². The smallest absolute Gasteiger partial charge is 0.224 e. The van der Waals surface area contributed by atoms with Gasteiger partial charge in [0.1, 0.15) is 0 Å². The Labute approximate surface area is 150 Å². The van der Waals surface area contributed by atoms with Gasteiger partial charge in [-0.15, -0.1) is 0 Å². The van der Waals surface area contributed by atoms with Gasteiger partial charge in [0.25, 0.3) is 0 Å². The Morgan fingerprint density at radius 3 is 1.84 bits per heavy atom. The van der Waals surface area contributed by atoms with E-state index in [0.717, 1.165) is 12.8 Å². The monoisotopic (exact) mass is 333 g/mol. The highest BCUT2D eigenvalue weighted by Gasteiger charge is 2.51. The van der Waals surface area contributed by atoms with Crippen molar-refractivity contribution in [3.8, 4) is 0 Å². The summed E-state index contributed by atoms with van der Waals surface area (Å²) in [6.07, 6.45) is 2.21. The fraction of sp³-hybridized carbons (Fsp3) is 0.435. The number of amides is 1. The summed E-state index contributed by atoms with van der Waals surface area (Å²) >= 11 is 0. The van der Waals surface area contributed by atoms with Crippen LogP contribution in [0, 0.1) is 11.8 Å². The third kappa shape index (κ3) is 2.50. The van der Waals surface area contributed by atoms with E-state index in [9.17, 15) is 4.79 Å². The van der Waals surface area contributed by atoms with Gasteiger partial charge in [-0.05, 0) is 48.4 Å². The lowest BCUT2D eigenvalue weighted by molar-refractivity contribution is -0.128. The number of carbonyl (C=O) groups excluding carboxylic acids is 1. The van der Waals surface area contributed by atoms with Crippen LogP contribution in [0.2, 0.25) is 0 Å². The zero-order valence-corrected chi connectivity index (χ0v) is 15.3. The van der Waals surface area contributed by atoms with Crippen LogP contribution < -0.4 is 5.32 Å².